The maximum absolute atomic E-state index is 12.2. The second-order valence-electron chi connectivity index (χ2n) is 5.68. The Hall–Kier alpha value is -3.82. The van der Waals surface area contributed by atoms with E-state index in [-0.39, 0.29) is 18.8 Å². The molecule has 0 unspecified atom stereocenters. The monoisotopic (exact) mass is 384 g/mol. The lowest BCUT2D eigenvalue weighted by Crippen LogP contribution is -2.16. The molecule has 0 spiro atoms. The van der Waals surface area contributed by atoms with E-state index in [1.807, 2.05) is 0 Å². The Bertz CT molecular complexity index is 1080. The van der Waals surface area contributed by atoms with Crippen LogP contribution in [0.5, 0.6) is 0 Å². The van der Waals surface area contributed by atoms with Crippen molar-refractivity contribution in [3.63, 3.8) is 0 Å². The van der Waals surface area contributed by atoms with E-state index in [9.17, 15) is 19.7 Å². The molecular formula is C18H16N4O6. The van der Waals surface area contributed by atoms with Crippen LogP contribution in [0.15, 0.2) is 36.7 Å². The number of benzene rings is 1. The maximum atomic E-state index is 12.2. The lowest BCUT2D eigenvalue weighted by Gasteiger charge is -2.11. The summed E-state index contributed by atoms with van der Waals surface area (Å²) in [6.45, 7) is 1.70. The number of esters is 2. The lowest BCUT2D eigenvalue weighted by atomic mass is 10.0. The van der Waals surface area contributed by atoms with Crippen molar-refractivity contribution in [3.05, 3.63) is 63.6 Å². The number of rotatable bonds is 6. The summed E-state index contributed by atoms with van der Waals surface area (Å²) in [7, 11) is 1.28. The Morgan fingerprint density at radius 3 is 2.71 bits per heavy atom. The fraction of sp³-hybridized carbons (Fsp3) is 0.222. The van der Waals surface area contributed by atoms with Crippen LogP contribution in [0.3, 0.4) is 0 Å². The van der Waals surface area contributed by atoms with E-state index >= 15 is 0 Å². The van der Waals surface area contributed by atoms with Crippen LogP contribution in [0.2, 0.25) is 0 Å². The quantitative estimate of drug-likeness (QED) is 0.360. The van der Waals surface area contributed by atoms with Crippen LogP contribution in [0.4, 0.5) is 5.69 Å². The van der Waals surface area contributed by atoms with Crippen molar-refractivity contribution in [3.8, 4) is 0 Å². The molecule has 0 radical (unpaired) electrons. The molecule has 0 aliphatic heterocycles. The van der Waals surface area contributed by atoms with Gasteiger partial charge in [-0.2, -0.15) is 5.10 Å². The van der Waals surface area contributed by atoms with E-state index in [0.717, 1.165) is 6.20 Å². The molecule has 0 N–H and O–H groups in total. The molecule has 0 saturated heterocycles. The van der Waals surface area contributed by atoms with Gasteiger partial charge in [0, 0.05) is 11.6 Å². The van der Waals surface area contributed by atoms with Gasteiger partial charge >= 0.3 is 17.6 Å². The summed E-state index contributed by atoms with van der Waals surface area (Å²) >= 11 is 0. The summed E-state index contributed by atoms with van der Waals surface area (Å²) in [6.07, 6.45) is 2.56. The second kappa shape index (κ2) is 7.82. The number of pyridine rings is 1. The van der Waals surface area contributed by atoms with E-state index in [1.54, 1.807) is 37.4 Å². The highest BCUT2D eigenvalue weighted by atomic mass is 16.6. The van der Waals surface area contributed by atoms with Gasteiger partial charge in [0.2, 0.25) is 5.69 Å². The fourth-order valence-electron chi connectivity index (χ4n) is 2.85. The van der Waals surface area contributed by atoms with Crippen molar-refractivity contribution in [2.75, 3.05) is 13.7 Å². The first kappa shape index (κ1) is 19.0. The number of aromatic nitrogens is 3. The van der Waals surface area contributed by atoms with Crippen molar-refractivity contribution in [1.82, 2.24) is 14.8 Å². The molecule has 0 fully saturated rings. The first-order chi connectivity index (χ1) is 13.5. The van der Waals surface area contributed by atoms with E-state index in [4.69, 9.17) is 9.47 Å². The highest BCUT2D eigenvalue weighted by Gasteiger charge is 2.28. The number of ether oxygens (including phenoxy) is 2. The van der Waals surface area contributed by atoms with E-state index < -0.39 is 22.5 Å². The highest BCUT2D eigenvalue weighted by molar-refractivity contribution is 6.04. The zero-order valence-corrected chi connectivity index (χ0v) is 15.1. The van der Waals surface area contributed by atoms with Gasteiger partial charge in [0.25, 0.3) is 0 Å². The first-order valence-electron chi connectivity index (χ1n) is 8.30. The van der Waals surface area contributed by atoms with Crippen LogP contribution in [-0.2, 0) is 16.0 Å². The van der Waals surface area contributed by atoms with Gasteiger partial charge in [-0.05, 0) is 24.6 Å². The number of carbonyl (C=O) groups is 2. The Balaban J connectivity index is 2.10. The normalized spacial score (nSPS) is 10.6. The Kier molecular flexibility index (Phi) is 5.30. The smallest absolute Gasteiger partial charge is 0.363 e. The van der Waals surface area contributed by atoms with Crippen molar-refractivity contribution in [2.45, 2.75) is 13.5 Å². The molecule has 10 heteroatoms. The predicted octanol–water partition coefficient (Wildman–Crippen LogP) is 2.35. The second-order valence-corrected chi connectivity index (χ2v) is 5.68. The van der Waals surface area contributed by atoms with Gasteiger partial charge in [-0.3, -0.25) is 15.1 Å². The molecule has 1 aromatic carbocycles. The number of nitro groups is 1. The van der Waals surface area contributed by atoms with Gasteiger partial charge in [-0.15, -0.1) is 0 Å². The van der Waals surface area contributed by atoms with Crippen molar-refractivity contribution in [1.29, 1.82) is 0 Å². The molecule has 28 heavy (non-hydrogen) atoms. The van der Waals surface area contributed by atoms with E-state index in [1.165, 1.54) is 11.8 Å². The number of hydrogen-bond acceptors (Lipinski definition) is 8. The number of nitrogens with zero attached hydrogens (tertiary/aromatic N) is 4. The molecule has 0 saturated carbocycles. The van der Waals surface area contributed by atoms with Crippen LogP contribution in [0.1, 0.15) is 33.3 Å². The van der Waals surface area contributed by atoms with Gasteiger partial charge in [-0.1, -0.05) is 12.1 Å². The lowest BCUT2D eigenvalue weighted by molar-refractivity contribution is -0.385. The Labute approximate surface area is 158 Å². The van der Waals surface area contributed by atoms with Crippen molar-refractivity contribution >= 4 is 28.5 Å². The van der Waals surface area contributed by atoms with E-state index in [0.29, 0.717) is 22.0 Å². The van der Waals surface area contributed by atoms with Crippen LogP contribution in [0.25, 0.3) is 10.9 Å². The number of fused-ring (bicyclic) bond motifs is 1. The van der Waals surface area contributed by atoms with Gasteiger partial charge in [0.05, 0.1) is 36.3 Å². The molecule has 0 aliphatic rings. The van der Waals surface area contributed by atoms with Crippen LogP contribution >= 0.6 is 0 Å². The molecule has 3 rings (SSSR count). The van der Waals surface area contributed by atoms with Gasteiger partial charge in [0.1, 0.15) is 6.20 Å². The molecule has 10 nitrogen and oxygen atoms in total. The average Bonchev–Trinajstić information content (AvgIpc) is 3.12. The molecule has 0 amide bonds. The Morgan fingerprint density at radius 2 is 2.04 bits per heavy atom. The highest BCUT2D eigenvalue weighted by Crippen LogP contribution is 2.25. The standard InChI is InChI=1S/C18H16N4O6/c1-3-28-18(24)16-14(22(25)26)9-20-21(16)10-11-6-7-13(17(23)27-2)12-5-4-8-19-15(11)12/h4-9H,3,10H2,1-2H3. The molecule has 3 aromatic rings. The zero-order chi connectivity index (χ0) is 20.3. The summed E-state index contributed by atoms with van der Waals surface area (Å²) in [5, 5.41) is 15.8. The third-order valence-corrected chi connectivity index (χ3v) is 4.06. The zero-order valence-electron chi connectivity index (χ0n) is 15.1. The fourth-order valence-corrected chi connectivity index (χ4v) is 2.85. The SMILES string of the molecule is CCOC(=O)c1c([N+](=O)[O-])cnn1Cc1ccc(C(=O)OC)c2cccnc12. The number of hydrogen-bond donors (Lipinski definition) is 0. The molecule has 144 valence electrons. The Morgan fingerprint density at radius 1 is 1.25 bits per heavy atom. The summed E-state index contributed by atoms with van der Waals surface area (Å²) in [4.78, 5) is 39.1. The van der Waals surface area contributed by atoms with E-state index in [2.05, 4.69) is 10.1 Å². The number of methoxy groups -OCH3 is 1. The summed E-state index contributed by atoms with van der Waals surface area (Å²) in [5.41, 5.74) is 0.756. The van der Waals surface area contributed by atoms with Gasteiger partial charge < -0.3 is 9.47 Å². The maximum Gasteiger partial charge on any atom is 0.363 e. The van der Waals surface area contributed by atoms with Crippen LogP contribution in [-0.4, -0.2) is 45.3 Å². The first-order valence-corrected chi connectivity index (χ1v) is 8.30. The molecule has 2 aromatic heterocycles. The van der Waals surface area contributed by atoms with Crippen LogP contribution in [0, 0.1) is 10.1 Å². The van der Waals surface area contributed by atoms with Gasteiger partial charge in [-0.25, -0.2) is 14.3 Å². The average molecular weight is 384 g/mol. The predicted molar refractivity (Wildman–Crippen MR) is 97.0 cm³/mol. The third-order valence-electron chi connectivity index (χ3n) is 4.06. The van der Waals surface area contributed by atoms with Gasteiger partial charge in [0.15, 0.2) is 0 Å². The van der Waals surface area contributed by atoms with Crippen molar-refractivity contribution < 1.29 is 24.0 Å². The molecule has 0 aliphatic carbocycles. The van der Waals surface area contributed by atoms with Crippen molar-refractivity contribution in [2.24, 2.45) is 0 Å². The topological polar surface area (TPSA) is 126 Å². The minimum Gasteiger partial charge on any atom is -0.465 e. The van der Waals surface area contributed by atoms with Crippen LogP contribution < -0.4 is 0 Å². The largest absolute Gasteiger partial charge is 0.465 e. The summed E-state index contributed by atoms with van der Waals surface area (Å²) in [5.74, 6) is -1.35. The molecule has 0 bridgehead atoms. The minimum atomic E-state index is -0.838. The molecule has 0 atom stereocenters. The summed E-state index contributed by atoms with van der Waals surface area (Å²) < 4.78 is 10.9. The molecular weight excluding hydrogens is 368 g/mol. The summed E-state index contributed by atoms with van der Waals surface area (Å²) in [6, 6.07) is 6.62. The molecule has 2 heterocycles. The minimum absolute atomic E-state index is 0.0248. The third kappa shape index (κ3) is 3.39. The number of carbonyl (C=O) groups excluding carboxylic acids is 2.